The maximum atomic E-state index is 13.5. The van der Waals surface area contributed by atoms with Crippen LogP contribution in [-0.4, -0.2) is 18.4 Å². The van der Waals surface area contributed by atoms with Crippen molar-refractivity contribution < 1.29 is 17.5 Å². The molecule has 1 N–H and O–H groups in total. The van der Waals surface area contributed by atoms with Crippen LogP contribution in [0.25, 0.3) is 11.3 Å². The summed E-state index contributed by atoms with van der Waals surface area (Å²) in [6.07, 6.45) is 3.25. The zero-order valence-corrected chi connectivity index (χ0v) is 18.0. The lowest BCUT2D eigenvalue weighted by atomic mass is 10.1. The van der Waals surface area contributed by atoms with Crippen molar-refractivity contribution in [3.05, 3.63) is 102 Å². The lowest BCUT2D eigenvalue weighted by Crippen LogP contribution is -2.14. The van der Waals surface area contributed by atoms with E-state index in [1.807, 2.05) is 12.1 Å². The lowest BCUT2D eigenvalue weighted by Gasteiger charge is -2.15. The van der Waals surface area contributed by atoms with Crippen molar-refractivity contribution in [2.24, 2.45) is 0 Å². The summed E-state index contributed by atoms with van der Waals surface area (Å²) in [7, 11) is -3.97. The van der Waals surface area contributed by atoms with Gasteiger partial charge in [-0.2, -0.15) is 5.26 Å². The molecule has 0 radical (unpaired) electrons. The second kappa shape index (κ2) is 9.46. The van der Waals surface area contributed by atoms with Crippen LogP contribution >= 0.6 is 0 Å². The molecule has 0 aliphatic heterocycles. The van der Waals surface area contributed by atoms with Crippen LogP contribution in [-0.2, 0) is 16.6 Å². The van der Waals surface area contributed by atoms with Gasteiger partial charge >= 0.3 is 0 Å². The molecule has 2 aromatic carbocycles. The van der Waals surface area contributed by atoms with Gasteiger partial charge in [0.05, 0.1) is 16.3 Å². The normalized spacial score (nSPS) is 10.9. The Kier molecular flexibility index (Phi) is 6.29. The third kappa shape index (κ3) is 5.14. The molecule has 33 heavy (non-hydrogen) atoms. The zero-order chi connectivity index (χ0) is 23.3. The second-order valence-corrected chi connectivity index (χ2v) is 8.61. The zero-order valence-electron chi connectivity index (χ0n) is 17.1. The largest absolute Gasteiger partial charge is 0.472 e. The van der Waals surface area contributed by atoms with Gasteiger partial charge in [-0.3, -0.25) is 9.71 Å². The second-order valence-electron chi connectivity index (χ2n) is 6.92. The molecule has 4 rings (SSSR count). The molecule has 0 spiro atoms. The maximum absolute atomic E-state index is 13.5. The number of aromatic nitrogens is 2. The number of hydrogen-bond donors (Lipinski definition) is 1. The van der Waals surface area contributed by atoms with Crippen molar-refractivity contribution in [1.29, 1.82) is 5.26 Å². The Morgan fingerprint density at radius 1 is 1.03 bits per heavy atom. The first-order valence-corrected chi connectivity index (χ1v) is 11.3. The molecule has 2 heterocycles. The number of anilines is 1. The average molecular weight is 460 g/mol. The molecule has 164 valence electrons. The number of hydrogen-bond acceptors (Lipinski definition) is 6. The minimum Gasteiger partial charge on any atom is -0.472 e. The summed E-state index contributed by atoms with van der Waals surface area (Å²) in [4.78, 5) is 8.49. The van der Waals surface area contributed by atoms with Gasteiger partial charge in [0, 0.05) is 23.5 Å². The first kappa shape index (κ1) is 21.9. The first-order chi connectivity index (χ1) is 16.0. The molecule has 7 nitrogen and oxygen atoms in total. The standard InChI is InChI=1S/C24H17FN4O3S/c25-20-10-8-18(9-11-20)23-22(29-33(30,31)21-6-2-1-3-7-21)13-19(14-26)24(28-23)32-16-17-5-4-12-27-15-17/h1-13,15,29H,16H2. The molecule has 0 unspecified atom stereocenters. The lowest BCUT2D eigenvalue weighted by molar-refractivity contribution is 0.293. The molecule has 0 aliphatic carbocycles. The number of sulfonamides is 1. The Balaban J connectivity index is 1.78. The molecule has 0 aliphatic rings. The van der Waals surface area contributed by atoms with E-state index in [2.05, 4.69) is 14.7 Å². The summed E-state index contributed by atoms with van der Waals surface area (Å²) in [5, 5.41) is 9.64. The van der Waals surface area contributed by atoms with Crippen LogP contribution in [0, 0.1) is 17.1 Å². The van der Waals surface area contributed by atoms with Crippen molar-refractivity contribution >= 4 is 15.7 Å². The summed E-state index contributed by atoms with van der Waals surface area (Å²) in [6, 6.07) is 20.1. The fourth-order valence-electron chi connectivity index (χ4n) is 3.03. The van der Waals surface area contributed by atoms with Crippen LogP contribution in [0.1, 0.15) is 11.1 Å². The fraction of sp³-hybridized carbons (Fsp3) is 0.0417. The smallest absolute Gasteiger partial charge is 0.261 e. The van der Waals surface area contributed by atoms with Gasteiger partial charge in [-0.05, 0) is 48.5 Å². The van der Waals surface area contributed by atoms with Gasteiger partial charge < -0.3 is 4.74 Å². The number of ether oxygens (including phenoxy) is 1. The molecule has 0 fully saturated rings. The predicted molar refractivity (Wildman–Crippen MR) is 120 cm³/mol. The number of nitrogens with zero attached hydrogens (tertiary/aromatic N) is 3. The highest BCUT2D eigenvalue weighted by molar-refractivity contribution is 7.92. The van der Waals surface area contributed by atoms with Crippen molar-refractivity contribution in [3.8, 4) is 23.2 Å². The van der Waals surface area contributed by atoms with E-state index in [-0.39, 0.29) is 34.3 Å². The van der Waals surface area contributed by atoms with Crippen LogP contribution in [0.5, 0.6) is 5.88 Å². The highest BCUT2D eigenvalue weighted by Gasteiger charge is 2.21. The molecule has 2 aromatic heterocycles. The number of pyridine rings is 2. The molecule has 0 bridgehead atoms. The van der Waals surface area contributed by atoms with Crippen LogP contribution in [0.2, 0.25) is 0 Å². The highest BCUT2D eigenvalue weighted by atomic mass is 32.2. The minimum absolute atomic E-state index is 0.0170. The maximum Gasteiger partial charge on any atom is 0.261 e. The third-order valence-electron chi connectivity index (χ3n) is 4.62. The third-order valence-corrected chi connectivity index (χ3v) is 6.00. The van der Waals surface area contributed by atoms with Crippen LogP contribution in [0.3, 0.4) is 0 Å². The quantitative estimate of drug-likeness (QED) is 0.434. The number of benzene rings is 2. The molecule has 0 atom stereocenters. The van der Waals surface area contributed by atoms with Crippen molar-refractivity contribution in [1.82, 2.24) is 9.97 Å². The highest BCUT2D eigenvalue weighted by Crippen LogP contribution is 2.33. The van der Waals surface area contributed by atoms with Crippen molar-refractivity contribution in [2.45, 2.75) is 11.5 Å². The summed E-state index contributed by atoms with van der Waals surface area (Å²) < 4.78 is 47.6. The van der Waals surface area contributed by atoms with Gasteiger partial charge in [0.2, 0.25) is 5.88 Å². The van der Waals surface area contributed by atoms with Crippen LogP contribution in [0.4, 0.5) is 10.1 Å². The van der Waals surface area contributed by atoms with E-state index in [0.717, 1.165) is 5.56 Å². The summed E-state index contributed by atoms with van der Waals surface area (Å²) in [5.41, 5.74) is 1.50. The summed E-state index contributed by atoms with van der Waals surface area (Å²) in [6.45, 7) is 0.105. The van der Waals surface area contributed by atoms with Gasteiger partial charge in [-0.1, -0.05) is 24.3 Å². The number of nitrogens with one attached hydrogen (secondary N) is 1. The fourth-order valence-corrected chi connectivity index (χ4v) is 4.11. The van der Waals surface area contributed by atoms with Crippen molar-refractivity contribution in [2.75, 3.05) is 4.72 Å². The molecule has 4 aromatic rings. The van der Waals surface area contributed by atoms with E-state index in [9.17, 15) is 18.1 Å². The van der Waals surface area contributed by atoms with E-state index in [0.29, 0.717) is 5.56 Å². The average Bonchev–Trinajstić information content (AvgIpc) is 2.84. The van der Waals surface area contributed by atoms with Crippen molar-refractivity contribution in [3.63, 3.8) is 0 Å². The SMILES string of the molecule is N#Cc1cc(NS(=O)(=O)c2ccccc2)c(-c2ccc(F)cc2)nc1OCc1cccnc1. The van der Waals surface area contributed by atoms with E-state index >= 15 is 0 Å². The van der Waals surface area contributed by atoms with Gasteiger partial charge in [-0.15, -0.1) is 0 Å². The Morgan fingerprint density at radius 2 is 1.79 bits per heavy atom. The molecule has 0 saturated carbocycles. The first-order valence-electron chi connectivity index (χ1n) is 9.77. The monoisotopic (exact) mass is 460 g/mol. The van der Waals surface area contributed by atoms with Gasteiger partial charge in [-0.25, -0.2) is 17.8 Å². The van der Waals surface area contributed by atoms with Crippen LogP contribution in [0.15, 0.2) is 90.1 Å². The molecule has 9 heteroatoms. The van der Waals surface area contributed by atoms with E-state index < -0.39 is 15.8 Å². The van der Waals surface area contributed by atoms with E-state index in [1.54, 1.807) is 36.7 Å². The Labute approximate surface area is 190 Å². The molecule has 0 amide bonds. The molecular formula is C24H17FN4O3S. The van der Waals surface area contributed by atoms with E-state index in [1.165, 1.54) is 42.5 Å². The summed E-state index contributed by atoms with van der Waals surface area (Å²) >= 11 is 0. The number of rotatable bonds is 7. The Hall–Kier alpha value is -4.29. The topological polar surface area (TPSA) is 105 Å². The molecular weight excluding hydrogens is 443 g/mol. The summed E-state index contributed by atoms with van der Waals surface area (Å²) in [5.74, 6) is -0.435. The Morgan fingerprint density at radius 3 is 2.45 bits per heavy atom. The van der Waals surface area contributed by atoms with Gasteiger partial charge in [0.25, 0.3) is 10.0 Å². The van der Waals surface area contributed by atoms with Crippen LogP contribution < -0.4 is 9.46 Å². The number of nitriles is 1. The van der Waals surface area contributed by atoms with Gasteiger partial charge in [0.1, 0.15) is 24.1 Å². The van der Waals surface area contributed by atoms with E-state index in [4.69, 9.17) is 4.74 Å². The predicted octanol–water partition coefficient (Wildman–Crippen LogP) is 4.53. The van der Waals surface area contributed by atoms with Gasteiger partial charge in [0.15, 0.2) is 0 Å². The molecule has 0 saturated heterocycles. The number of halogens is 1. The minimum atomic E-state index is -3.97. The Bertz CT molecular complexity index is 1410.